The van der Waals surface area contributed by atoms with Crippen molar-refractivity contribution in [2.24, 2.45) is 0 Å². The average molecular weight is 237 g/mol. The number of hydrogen-bond donors (Lipinski definition) is 0. The van der Waals surface area contributed by atoms with E-state index in [4.69, 9.17) is 16.3 Å². The fourth-order valence-electron chi connectivity index (χ4n) is 1.41. The molecule has 0 amide bonds. The zero-order valence-corrected chi connectivity index (χ0v) is 10.3. The van der Waals surface area contributed by atoms with Gasteiger partial charge in [0.1, 0.15) is 6.07 Å². The quantitative estimate of drug-likeness (QED) is 0.528. The zero-order valence-electron chi connectivity index (χ0n) is 9.53. The molecule has 0 saturated carbocycles. The Morgan fingerprint density at radius 1 is 1.19 bits per heavy atom. The van der Waals surface area contributed by atoms with E-state index >= 15 is 0 Å². The van der Waals surface area contributed by atoms with Crippen LogP contribution < -0.4 is 0 Å². The van der Waals surface area contributed by atoms with E-state index in [9.17, 15) is 0 Å². The minimum Gasteiger partial charge on any atom is -0.365 e. The van der Waals surface area contributed by atoms with E-state index in [1.165, 1.54) is 11.1 Å². The van der Waals surface area contributed by atoms with Crippen LogP contribution in [0.4, 0.5) is 0 Å². The van der Waals surface area contributed by atoms with E-state index < -0.39 is 0 Å². The molecule has 2 heteroatoms. The number of benzene rings is 1. The third-order valence-electron chi connectivity index (χ3n) is 2.15. The molecular weight excluding hydrogens is 220 g/mol. The maximum Gasteiger partial charge on any atom is 0.120 e. The largest absolute Gasteiger partial charge is 0.365 e. The summed E-state index contributed by atoms with van der Waals surface area (Å²) in [5.41, 5.74) is 2.46. The molecular formula is C14H17ClO. The summed E-state index contributed by atoms with van der Waals surface area (Å²) in [7, 11) is 0. The van der Waals surface area contributed by atoms with Crippen molar-refractivity contribution in [1.82, 2.24) is 0 Å². The van der Waals surface area contributed by atoms with Gasteiger partial charge in [0.05, 0.1) is 6.61 Å². The number of ether oxygens (including phenoxy) is 1. The van der Waals surface area contributed by atoms with E-state index in [0.717, 1.165) is 6.42 Å². The van der Waals surface area contributed by atoms with Crippen LogP contribution in [0.25, 0.3) is 12.2 Å². The Hall–Kier alpha value is -1.05. The van der Waals surface area contributed by atoms with Gasteiger partial charge in [-0.25, -0.2) is 0 Å². The van der Waals surface area contributed by atoms with Crippen molar-refractivity contribution in [2.75, 3.05) is 12.7 Å². The lowest BCUT2D eigenvalue weighted by Crippen LogP contribution is -1.88. The van der Waals surface area contributed by atoms with Gasteiger partial charge in [-0.1, -0.05) is 60.2 Å². The van der Waals surface area contributed by atoms with Gasteiger partial charge in [-0.05, 0) is 24.5 Å². The van der Waals surface area contributed by atoms with Crippen LogP contribution in [0.1, 0.15) is 24.5 Å². The van der Waals surface area contributed by atoms with Gasteiger partial charge in [-0.2, -0.15) is 0 Å². The number of alkyl halides is 1. The average Bonchev–Trinajstić information content (AvgIpc) is 2.31. The predicted octanol–water partition coefficient (Wildman–Crippen LogP) is 4.34. The topological polar surface area (TPSA) is 9.23 Å². The van der Waals surface area contributed by atoms with Gasteiger partial charge in [-0.3, -0.25) is 0 Å². The highest BCUT2D eigenvalue weighted by atomic mass is 35.5. The summed E-state index contributed by atoms with van der Waals surface area (Å²) in [6.45, 7) is 2.70. The Labute approximate surface area is 102 Å². The molecule has 0 spiro atoms. The molecule has 1 nitrogen and oxygen atoms in total. The lowest BCUT2D eigenvalue weighted by molar-refractivity contribution is 0.185. The van der Waals surface area contributed by atoms with E-state index in [1.807, 2.05) is 25.1 Å². The van der Waals surface area contributed by atoms with Crippen molar-refractivity contribution in [3.8, 4) is 0 Å². The maximum atomic E-state index is 5.41. The minimum absolute atomic E-state index is 0.267. The van der Waals surface area contributed by atoms with Crippen LogP contribution in [-0.4, -0.2) is 12.7 Å². The van der Waals surface area contributed by atoms with Crippen LogP contribution in [0.3, 0.4) is 0 Å². The molecule has 1 aromatic rings. The molecule has 16 heavy (non-hydrogen) atoms. The first kappa shape index (κ1) is 13.0. The second-order valence-corrected chi connectivity index (χ2v) is 3.56. The Morgan fingerprint density at radius 3 is 2.50 bits per heavy atom. The highest BCUT2D eigenvalue weighted by molar-refractivity contribution is 6.17. The van der Waals surface area contributed by atoms with E-state index in [0.29, 0.717) is 6.61 Å². The van der Waals surface area contributed by atoms with E-state index in [1.54, 1.807) is 0 Å². The summed E-state index contributed by atoms with van der Waals surface area (Å²) in [6.07, 6.45) is 9.26. The van der Waals surface area contributed by atoms with Crippen molar-refractivity contribution in [3.63, 3.8) is 0 Å². The summed E-state index contributed by atoms with van der Waals surface area (Å²) >= 11 is 5.41. The summed E-state index contributed by atoms with van der Waals surface area (Å²) in [5, 5.41) is 0. The van der Waals surface area contributed by atoms with Gasteiger partial charge in [0.15, 0.2) is 0 Å². The van der Waals surface area contributed by atoms with Crippen molar-refractivity contribution in [3.05, 3.63) is 47.5 Å². The summed E-state index contributed by atoms with van der Waals surface area (Å²) in [5.74, 6) is 0. The zero-order chi connectivity index (χ0) is 11.6. The summed E-state index contributed by atoms with van der Waals surface area (Å²) in [4.78, 5) is 0. The number of hydrogen-bond acceptors (Lipinski definition) is 1. The maximum absolute atomic E-state index is 5.41. The molecule has 0 atom stereocenters. The first-order chi connectivity index (χ1) is 7.88. The van der Waals surface area contributed by atoms with E-state index in [-0.39, 0.29) is 6.07 Å². The minimum atomic E-state index is 0.267. The second-order valence-electron chi connectivity index (χ2n) is 3.34. The standard InChI is InChI=1S/C14H17ClO/c1-2-7-13-8-3-4-9-14(13)10-5-6-11-16-12-15/h2-5,7-10H,6,11-12H2,1H3/b7-2-,10-5-. The highest BCUT2D eigenvalue weighted by Crippen LogP contribution is 2.12. The number of halogens is 1. The molecule has 86 valence electrons. The molecule has 0 unspecified atom stereocenters. The molecule has 1 rings (SSSR count). The SMILES string of the molecule is C/C=C\c1ccccc1/C=C\CCOCCl. The van der Waals surface area contributed by atoms with Crippen LogP contribution in [0.15, 0.2) is 36.4 Å². The van der Waals surface area contributed by atoms with Gasteiger partial charge >= 0.3 is 0 Å². The molecule has 0 saturated heterocycles. The monoisotopic (exact) mass is 236 g/mol. The van der Waals surface area contributed by atoms with Crippen LogP contribution in [0.5, 0.6) is 0 Å². The molecule has 0 bridgehead atoms. The van der Waals surface area contributed by atoms with Crippen molar-refractivity contribution in [1.29, 1.82) is 0 Å². The number of allylic oxidation sites excluding steroid dienone is 1. The van der Waals surface area contributed by atoms with Crippen molar-refractivity contribution >= 4 is 23.8 Å². The molecule has 0 aliphatic carbocycles. The Morgan fingerprint density at radius 2 is 1.88 bits per heavy atom. The summed E-state index contributed by atoms with van der Waals surface area (Å²) in [6, 6.07) is 8.57. The smallest absolute Gasteiger partial charge is 0.120 e. The first-order valence-corrected chi connectivity index (χ1v) is 5.94. The fourth-order valence-corrected chi connectivity index (χ4v) is 1.52. The van der Waals surface area contributed by atoms with Gasteiger partial charge in [0.25, 0.3) is 0 Å². The van der Waals surface area contributed by atoms with Gasteiger partial charge in [0, 0.05) is 0 Å². The van der Waals surface area contributed by atoms with Crippen LogP contribution >= 0.6 is 11.6 Å². The van der Waals surface area contributed by atoms with Gasteiger partial charge < -0.3 is 4.74 Å². The Bertz CT molecular complexity index is 356. The van der Waals surface area contributed by atoms with Crippen LogP contribution in [0, 0.1) is 0 Å². The molecule has 0 aliphatic heterocycles. The van der Waals surface area contributed by atoms with Crippen molar-refractivity contribution < 1.29 is 4.74 Å². The highest BCUT2D eigenvalue weighted by Gasteiger charge is 1.92. The Kier molecular flexibility index (Phi) is 6.62. The Balaban J connectivity index is 2.58. The van der Waals surface area contributed by atoms with Gasteiger partial charge in [0.2, 0.25) is 0 Å². The molecule has 0 aliphatic rings. The molecule has 0 radical (unpaired) electrons. The third kappa shape index (κ3) is 4.65. The molecule has 1 aromatic carbocycles. The third-order valence-corrected chi connectivity index (χ3v) is 2.30. The fraction of sp³-hybridized carbons (Fsp3) is 0.286. The van der Waals surface area contributed by atoms with Gasteiger partial charge in [-0.15, -0.1) is 0 Å². The molecule has 0 fully saturated rings. The number of rotatable bonds is 6. The lowest BCUT2D eigenvalue weighted by Gasteiger charge is -2.00. The van der Waals surface area contributed by atoms with E-state index in [2.05, 4.69) is 30.4 Å². The summed E-state index contributed by atoms with van der Waals surface area (Å²) < 4.78 is 5.05. The second kappa shape index (κ2) is 8.14. The predicted molar refractivity (Wildman–Crippen MR) is 71.5 cm³/mol. The van der Waals surface area contributed by atoms with Crippen LogP contribution in [0.2, 0.25) is 0 Å². The van der Waals surface area contributed by atoms with Crippen molar-refractivity contribution in [2.45, 2.75) is 13.3 Å². The first-order valence-electron chi connectivity index (χ1n) is 5.40. The normalized spacial score (nSPS) is 11.6. The molecule has 0 aromatic heterocycles. The lowest BCUT2D eigenvalue weighted by atomic mass is 10.1. The molecule has 0 heterocycles. The van der Waals surface area contributed by atoms with Crippen LogP contribution in [-0.2, 0) is 4.74 Å². The molecule has 0 N–H and O–H groups in total.